The van der Waals surface area contributed by atoms with Crippen molar-refractivity contribution in [2.45, 2.75) is 25.2 Å². The van der Waals surface area contributed by atoms with Crippen LogP contribution in [0, 0.1) is 0 Å². The Morgan fingerprint density at radius 3 is 2.61 bits per heavy atom. The predicted molar refractivity (Wildman–Crippen MR) is 132 cm³/mol. The maximum atomic E-state index is 10.7. The summed E-state index contributed by atoms with van der Waals surface area (Å²) >= 11 is 12.5. The van der Waals surface area contributed by atoms with Crippen LogP contribution in [0.2, 0.25) is 10.0 Å². The Morgan fingerprint density at radius 1 is 1.03 bits per heavy atom. The third kappa shape index (κ3) is 6.95. The van der Waals surface area contributed by atoms with Crippen LogP contribution in [0.15, 0.2) is 84.0 Å². The molecule has 0 unspecified atom stereocenters. The average Bonchev–Trinajstić information content (AvgIpc) is 3.27. The molecule has 4 rings (SSSR count). The van der Waals surface area contributed by atoms with Crippen molar-refractivity contribution in [3.05, 3.63) is 100 Å². The van der Waals surface area contributed by atoms with E-state index in [1.165, 1.54) is 0 Å². The minimum atomic E-state index is -0.672. The average molecular weight is 485 g/mol. The largest absolute Gasteiger partial charge is 0.491 e. The molecule has 0 bridgehead atoms. The van der Waals surface area contributed by atoms with Crippen molar-refractivity contribution in [3.8, 4) is 5.75 Å². The lowest BCUT2D eigenvalue weighted by Crippen LogP contribution is -2.39. The van der Waals surface area contributed by atoms with Crippen LogP contribution in [-0.4, -0.2) is 47.6 Å². The molecular formula is C26H26Cl2N2O3. The molecule has 3 aromatic rings. The van der Waals surface area contributed by atoms with Gasteiger partial charge in [-0.25, -0.2) is 0 Å². The highest BCUT2D eigenvalue weighted by Gasteiger charge is 2.26. The number of nitrogens with zero attached hydrogens (tertiary/aromatic N) is 2. The molecule has 3 aromatic carbocycles. The molecule has 0 aliphatic carbocycles. The van der Waals surface area contributed by atoms with Gasteiger partial charge in [-0.1, -0.05) is 76.9 Å². The fraction of sp³-hybridized carbons (Fsp3) is 0.269. The van der Waals surface area contributed by atoms with E-state index < -0.39 is 6.10 Å². The van der Waals surface area contributed by atoms with E-state index in [0.29, 0.717) is 36.1 Å². The lowest BCUT2D eigenvalue weighted by atomic mass is 10.0. The van der Waals surface area contributed by atoms with Gasteiger partial charge >= 0.3 is 0 Å². The minimum absolute atomic E-state index is 0.141. The molecule has 1 aliphatic rings. The Kier molecular flexibility index (Phi) is 8.24. The second-order valence-electron chi connectivity index (χ2n) is 8.05. The van der Waals surface area contributed by atoms with Gasteiger partial charge in [0.1, 0.15) is 24.6 Å². The van der Waals surface area contributed by atoms with E-state index in [4.69, 9.17) is 32.8 Å². The number of aliphatic hydroxyl groups is 1. The van der Waals surface area contributed by atoms with E-state index >= 15 is 0 Å². The molecule has 1 N–H and O–H groups in total. The van der Waals surface area contributed by atoms with Crippen LogP contribution in [0.1, 0.15) is 17.5 Å². The van der Waals surface area contributed by atoms with Crippen molar-refractivity contribution in [2.75, 3.05) is 19.7 Å². The number of ether oxygens (including phenoxy) is 1. The van der Waals surface area contributed by atoms with Gasteiger partial charge < -0.3 is 14.7 Å². The van der Waals surface area contributed by atoms with E-state index in [1.54, 1.807) is 0 Å². The smallest absolute Gasteiger partial charge is 0.145 e. The molecule has 0 spiro atoms. The summed E-state index contributed by atoms with van der Waals surface area (Å²) in [5.74, 6) is 0.731. The zero-order valence-corrected chi connectivity index (χ0v) is 19.6. The third-order valence-electron chi connectivity index (χ3n) is 5.33. The second kappa shape index (κ2) is 11.5. The molecule has 0 saturated heterocycles. The molecule has 1 heterocycles. The highest BCUT2D eigenvalue weighted by atomic mass is 35.5. The quantitative estimate of drug-likeness (QED) is 0.416. The molecule has 0 fully saturated rings. The van der Waals surface area contributed by atoms with Crippen LogP contribution < -0.4 is 4.74 Å². The fourth-order valence-electron chi connectivity index (χ4n) is 3.83. The standard InChI is InChI=1S/C26H26Cl2N2O3/c27-20-8-6-7-19(13-20)15-30(16-21(31)18-32-22-9-2-1-3-10-22)17-23-14-26(29-33-23)24-11-4-5-12-25(24)28/h1-13,21,23,31H,14-18H2/t21-,23-/m0/s1. The summed E-state index contributed by atoms with van der Waals surface area (Å²) in [4.78, 5) is 7.87. The Balaban J connectivity index is 1.39. The van der Waals surface area contributed by atoms with Crippen LogP contribution >= 0.6 is 23.2 Å². The lowest BCUT2D eigenvalue weighted by Gasteiger charge is -2.27. The van der Waals surface area contributed by atoms with Crippen LogP contribution in [-0.2, 0) is 11.4 Å². The third-order valence-corrected chi connectivity index (χ3v) is 5.89. The zero-order valence-electron chi connectivity index (χ0n) is 18.1. The molecule has 0 aromatic heterocycles. The second-order valence-corrected chi connectivity index (χ2v) is 8.89. The molecule has 0 radical (unpaired) electrons. The van der Waals surface area contributed by atoms with Crippen LogP contribution in [0.5, 0.6) is 5.75 Å². The first-order valence-corrected chi connectivity index (χ1v) is 11.6. The van der Waals surface area contributed by atoms with Crippen molar-refractivity contribution in [2.24, 2.45) is 5.16 Å². The SMILES string of the molecule is O[C@H](COc1ccccc1)CN(Cc1cccc(Cl)c1)C[C@@H]1CC(c2ccccc2Cl)=NO1. The normalized spacial score (nSPS) is 16.4. The summed E-state index contributed by atoms with van der Waals surface area (Å²) in [5, 5.41) is 16.3. The van der Waals surface area contributed by atoms with E-state index in [2.05, 4.69) is 10.1 Å². The molecule has 0 amide bonds. The van der Waals surface area contributed by atoms with Gasteiger partial charge in [0, 0.05) is 41.7 Å². The van der Waals surface area contributed by atoms with Gasteiger partial charge in [0.2, 0.25) is 0 Å². The lowest BCUT2D eigenvalue weighted by molar-refractivity contribution is 0.0213. The van der Waals surface area contributed by atoms with Gasteiger partial charge in [-0.05, 0) is 35.9 Å². The van der Waals surface area contributed by atoms with E-state index in [1.807, 2.05) is 78.9 Å². The predicted octanol–water partition coefficient (Wildman–Crippen LogP) is 5.43. The first-order valence-electron chi connectivity index (χ1n) is 10.9. The van der Waals surface area contributed by atoms with Gasteiger partial charge in [-0.3, -0.25) is 4.90 Å². The fourth-order valence-corrected chi connectivity index (χ4v) is 4.28. The van der Waals surface area contributed by atoms with Crippen molar-refractivity contribution < 1.29 is 14.7 Å². The first kappa shape index (κ1) is 23.6. The molecular weight excluding hydrogens is 459 g/mol. The van der Waals surface area contributed by atoms with Crippen molar-refractivity contribution in [3.63, 3.8) is 0 Å². The van der Waals surface area contributed by atoms with Gasteiger partial charge in [0.25, 0.3) is 0 Å². The van der Waals surface area contributed by atoms with E-state index in [0.717, 1.165) is 22.6 Å². The van der Waals surface area contributed by atoms with Crippen LogP contribution in [0.4, 0.5) is 0 Å². The maximum absolute atomic E-state index is 10.7. The van der Waals surface area contributed by atoms with Crippen molar-refractivity contribution in [1.82, 2.24) is 4.90 Å². The minimum Gasteiger partial charge on any atom is -0.491 e. The number of para-hydroxylation sites is 1. The van der Waals surface area contributed by atoms with E-state index in [9.17, 15) is 5.11 Å². The summed E-state index contributed by atoms with van der Waals surface area (Å²) in [6, 6.07) is 24.8. The number of aliphatic hydroxyl groups excluding tert-OH is 1. The van der Waals surface area contributed by atoms with Gasteiger partial charge in [0.05, 0.1) is 5.71 Å². The van der Waals surface area contributed by atoms with E-state index in [-0.39, 0.29) is 12.7 Å². The summed E-state index contributed by atoms with van der Waals surface area (Å²) in [7, 11) is 0. The zero-order chi connectivity index (χ0) is 23.0. The first-order chi connectivity index (χ1) is 16.1. The van der Waals surface area contributed by atoms with Gasteiger partial charge in [-0.2, -0.15) is 0 Å². The Labute approximate surface area is 204 Å². The molecule has 33 heavy (non-hydrogen) atoms. The molecule has 7 heteroatoms. The molecule has 2 atom stereocenters. The molecule has 5 nitrogen and oxygen atoms in total. The number of oxime groups is 1. The molecule has 172 valence electrons. The van der Waals surface area contributed by atoms with Gasteiger partial charge in [-0.15, -0.1) is 0 Å². The van der Waals surface area contributed by atoms with Crippen LogP contribution in [0.25, 0.3) is 0 Å². The topological polar surface area (TPSA) is 54.3 Å². The number of benzene rings is 3. The summed E-state index contributed by atoms with van der Waals surface area (Å²) < 4.78 is 5.73. The summed E-state index contributed by atoms with van der Waals surface area (Å²) in [5.41, 5.74) is 2.78. The molecule has 1 aliphatic heterocycles. The highest BCUT2D eigenvalue weighted by molar-refractivity contribution is 6.34. The van der Waals surface area contributed by atoms with Crippen molar-refractivity contribution in [1.29, 1.82) is 0 Å². The summed E-state index contributed by atoms with van der Waals surface area (Å²) in [6.45, 7) is 1.82. The highest BCUT2D eigenvalue weighted by Crippen LogP contribution is 2.24. The maximum Gasteiger partial charge on any atom is 0.145 e. The van der Waals surface area contributed by atoms with Crippen molar-refractivity contribution >= 4 is 28.9 Å². The Bertz CT molecular complexity index is 1080. The number of hydrogen-bond acceptors (Lipinski definition) is 5. The Morgan fingerprint density at radius 2 is 1.82 bits per heavy atom. The Hall–Kier alpha value is -2.57. The number of hydrogen-bond donors (Lipinski definition) is 1. The van der Waals surface area contributed by atoms with Gasteiger partial charge in [0.15, 0.2) is 0 Å². The molecule has 0 saturated carbocycles. The number of halogens is 2. The summed E-state index contributed by atoms with van der Waals surface area (Å²) in [6.07, 6.45) is -0.167. The van der Waals surface area contributed by atoms with Crippen LogP contribution in [0.3, 0.4) is 0 Å². The monoisotopic (exact) mass is 484 g/mol. The number of rotatable bonds is 10.